The third-order valence-electron chi connectivity index (χ3n) is 4.83. The second-order valence-corrected chi connectivity index (χ2v) is 7.36. The van der Waals surface area contributed by atoms with Gasteiger partial charge in [-0.2, -0.15) is 0 Å². The molecule has 0 aromatic rings. The summed E-state index contributed by atoms with van der Waals surface area (Å²) in [7, 11) is 0. The van der Waals surface area contributed by atoms with Gasteiger partial charge in [-0.3, -0.25) is 24.0 Å². The summed E-state index contributed by atoms with van der Waals surface area (Å²) in [6.07, 6.45) is 1.37. The van der Waals surface area contributed by atoms with Crippen LogP contribution in [0.5, 0.6) is 0 Å². The van der Waals surface area contributed by atoms with Crippen molar-refractivity contribution >= 4 is 29.7 Å². The van der Waals surface area contributed by atoms with Gasteiger partial charge in [0.2, 0.25) is 17.7 Å². The summed E-state index contributed by atoms with van der Waals surface area (Å²) >= 11 is 0. The third kappa shape index (κ3) is 11.9. The van der Waals surface area contributed by atoms with E-state index in [1.54, 1.807) is 0 Å². The van der Waals surface area contributed by atoms with Gasteiger partial charge in [0.15, 0.2) is 0 Å². The largest absolute Gasteiger partial charge is 0.481 e. The first-order chi connectivity index (χ1) is 14.5. The minimum atomic E-state index is -1.29. The molecule has 0 aliphatic carbocycles. The summed E-state index contributed by atoms with van der Waals surface area (Å²) in [5.41, 5.74) is 11.4. The van der Waals surface area contributed by atoms with E-state index in [1.807, 2.05) is 13.8 Å². The zero-order valence-electron chi connectivity index (χ0n) is 18.1. The van der Waals surface area contributed by atoms with Gasteiger partial charge in [-0.25, -0.2) is 0 Å². The monoisotopic (exact) mass is 445 g/mol. The van der Waals surface area contributed by atoms with Crippen molar-refractivity contribution in [1.82, 2.24) is 16.0 Å². The van der Waals surface area contributed by atoms with Gasteiger partial charge >= 0.3 is 11.9 Å². The topological polar surface area (TPSA) is 214 Å². The number of rotatable bonds is 16. The normalized spacial score (nSPS) is 14.6. The van der Waals surface area contributed by atoms with E-state index >= 15 is 0 Å². The maximum absolute atomic E-state index is 12.8. The Balaban J connectivity index is 5.33. The molecule has 0 aromatic carbocycles. The summed E-state index contributed by atoms with van der Waals surface area (Å²) in [5.74, 6) is -4.62. The first-order valence-corrected chi connectivity index (χ1v) is 10.3. The molecule has 178 valence electrons. The molecule has 0 fully saturated rings. The van der Waals surface area contributed by atoms with E-state index in [2.05, 4.69) is 16.0 Å². The second kappa shape index (κ2) is 15.1. The highest BCUT2D eigenvalue weighted by molar-refractivity contribution is 5.93. The zero-order valence-corrected chi connectivity index (χ0v) is 18.1. The number of nitrogens with two attached hydrogens (primary N) is 2. The number of carboxylic acids is 2. The lowest BCUT2D eigenvalue weighted by molar-refractivity contribution is -0.140. The van der Waals surface area contributed by atoms with Gasteiger partial charge in [-0.15, -0.1) is 0 Å². The van der Waals surface area contributed by atoms with Gasteiger partial charge in [0.05, 0.1) is 6.04 Å². The summed E-state index contributed by atoms with van der Waals surface area (Å²) in [6, 6.07) is -3.11. The Bertz CT molecular complexity index is 629. The van der Waals surface area contributed by atoms with Crippen molar-refractivity contribution in [3.05, 3.63) is 0 Å². The fourth-order valence-corrected chi connectivity index (χ4v) is 2.64. The predicted molar refractivity (Wildman–Crippen MR) is 112 cm³/mol. The fourth-order valence-electron chi connectivity index (χ4n) is 2.64. The number of carbonyl (C=O) groups is 5. The van der Waals surface area contributed by atoms with Gasteiger partial charge in [0.1, 0.15) is 18.6 Å². The lowest BCUT2D eigenvalue weighted by Gasteiger charge is -2.25. The Morgan fingerprint density at radius 2 is 1.45 bits per heavy atom. The van der Waals surface area contributed by atoms with Crippen LogP contribution in [0.2, 0.25) is 0 Å². The molecule has 12 heteroatoms. The fraction of sp³-hybridized carbons (Fsp3) is 0.737. The summed E-state index contributed by atoms with van der Waals surface area (Å²) in [5, 5.41) is 24.7. The molecule has 4 unspecified atom stereocenters. The molecule has 3 amide bonds. The highest BCUT2D eigenvalue weighted by Gasteiger charge is 2.29. The van der Waals surface area contributed by atoms with E-state index in [1.165, 1.54) is 0 Å². The van der Waals surface area contributed by atoms with Gasteiger partial charge in [0.25, 0.3) is 0 Å². The lowest BCUT2D eigenvalue weighted by Crippen LogP contribution is -2.56. The first-order valence-electron chi connectivity index (χ1n) is 10.3. The molecule has 0 heterocycles. The molecule has 4 atom stereocenters. The highest BCUT2D eigenvalue weighted by Crippen LogP contribution is 2.08. The van der Waals surface area contributed by atoms with Crippen molar-refractivity contribution in [2.45, 2.75) is 70.5 Å². The van der Waals surface area contributed by atoms with Crippen LogP contribution in [-0.4, -0.2) is 71.1 Å². The van der Waals surface area contributed by atoms with Crippen LogP contribution in [0.3, 0.4) is 0 Å². The Kier molecular flexibility index (Phi) is 13.8. The maximum atomic E-state index is 12.8. The minimum absolute atomic E-state index is 0.113. The van der Waals surface area contributed by atoms with Crippen molar-refractivity contribution in [3.8, 4) is 0 Å². The SMILES string of the molecule is CCC(C)C(N)C(=O)NC(CCCCN)C(=O)NC(CCC(=O)O)C(=O)NCC(=O)O. The average molecular weight is 446 g/mol. The average Bonchev–Trinajstić information content (AvgIpc) is 2.72. The van der Waals surface area contributed by atoms with Crippen LogP contribution in [-0.2, 0) is 24.0 Å². The summed E-state index contributed by atoms with van der Waals surface area (Å²) in [4.78, 5) is 59.0. The molecule has 0 aromatic heterocycles. The smallest absolute Gasteiger partial charge is 0.322 e. The first kappa shape index (κ1) is 28.3. The maximum Gasteiger partial charge on any atom is 0.322 e. The summed E-state index contributed by atoms with van der Waals surface area (Å²) < 4.78 is 0. The predicted octanol–water partition coefficient (Wildman–Crippen LogP) is -1.48. The number of amides is 3. The number of carboxylic acid groups (broad SMARTS) is 2. The van der Waals surface area contributed by atoms with Crippen LogP contribution < -0.4 is 27.4 Å². The van der Waals surface area contributed by atoms with Crippen LogP contribution in [0, 0.1) is 5.92 Å². The van der Waals surface area contributed by atoms with E-state index < -0.39 is 60.8 Å². The van der Waals surface area contributed by atoms with Crippen LogP contribution in [0.1, 0.15) is 52.4 Å². The van der Waals surface area contributed by atoms with Crippen LogP contribution in [0.25, 0.3) is 0 Å². The molecule has 0 saturated heterocycles. The molecule has 0 saturated carbocycles. The standard InChI is InChI=1S/C19H35N5O7/c1-3-11(2)16(21)19(31)24-12(6-4-5-9-20)18(30)23-13(7-8-14(25)26)17(29)22-10-15(27)28/h11-13,16H,3-10,20-21H2,1-2H3,(H,22,29)(H,23,30)(H,24,31)(H,25,26)(H,27,28). The number of hydrogen-bond acceptors (Lipinski definition) is 7. The number of nitrogens with one attached hydrogen (secondary N) is 3. The van der Waals surface area contributed by atoms with E-state index in [9.17, 15) is 24.0 Å². The third-order valence-corrected chi connectivity index (χ3v) is 4.83. The quantitative estimate of drug-likeness (QED) is 0.138. The number of hydrogen-bond donors (Lipinski definition) is 7. The van der Waals surface area contributed by atoms with Crippen molar-refractivity contribution in [2.24, 2.45) is 17.4 Å². The minimum Gasteiger partial charge on any atom is -0.481 e. The van der Waals surface area contributed by atoms with E-state index in [0.717, 1.165) is 0 Å². The molecule has 0 radical (unpaired) electrons. The Morgan fingerprint density at radius 1 is 0.871 bits per heavy atom. The Hall–Kier alpha value is -2.73. The van der Waals surface area contributed by atoms with Crippen molar-refractivity contribution in [3.63, 3.8) is 0 Å². The number of carbonyl (C=O) groups excluding carboxylic acids is 3. The molecular weight excluding hydrogens is 410 g/mol. The highest BCUT2D eigenvalue weighted by atomic mass is 16.4. The molecule has 12 nitrogen and oxygen atoms in total. The van der Waals surface area contributed by atoms with E-state index in [4.69, 9.17) is 21.7 Å². The van der Waals surface area contributed by atoms with Gasteiger partial charge in [-0.05, 0) is 38.1 Å². The van der Waals surface area contributed by atoms with Crippen molar-refractivity contribution in [1.29, 1.82) is 0 Å². The second-order valence-electron chi connectivity index (χ2n) is 7.36. The molecule has 31 heavy (non-hydrogen) atoms. The molecular formula is C19H35N5O7. The van der Waals surface area contributed by atoms with E-state index in [0.29, 0.717) is 25.8 Å². The van der Waals surface area contributed by atoms with Crippen molar-refractivity contribution in [2.75, 3.05) is 13.1 Å². The van der Waals surface area contributed by atoms with Gasteiger partial charge < -0.3 is 37.6 Å². The lowest BCUT2D eigenvalue weighted by atomic mass is 9.98. The molecule has 0 aliphatic rings. The number of unbranched alkanes of at least 4 members (excludes halogenated alkanes) is 1. The van der Waals surface area contributed by atoms with Crippen molar-refractivity contribution < 1.29 is 34.2 Å². The zero-order chi connectivity index (χ0) is 24.0. The molecule has 0 bridgehead atoms. The van der Waals surface area contributed by atoms with Crippen LogP contribution in [0.15, 0.2) is 0 Å². The van der Waals surface area contributed by atoms with Crippen LogP contribution >= 0.6 is 0 Å². The number of aliphatic carboxylic acids is 2. The Morgan fingerprint density at radius 3 is 1.97 bits per heavy atom. The van der Waals surface area contributed by atoms with Gasteiger partial charge in [-0.1, -0.05) is 20.3 Å². The van der Waals surface area contributed by atoms with Crippen LogP contribution in [0.4, 0.5) is 0 Å². The van der Waals surface area contributed by atoms with Gasteiger partial charge in [0, 0.05) is 6.42 Å². The Labute approximate surface area is 181 Å². The molecule has 0 spiro atoms. The van der Waals surface area contributed by atoms with E-state index in [-0.39, 0.29) is 18.8 Å². The molecule has 9 N–H and O–H groups in total. The summed E-state index contributed by atoms with van der Waals surface area (Å²) in [6.45, 7) is 3.40. The molecule has 0 rings (SSSR count). The molecule has 0 aliphatic heterocycles.